The molecule has 0 aromatic heterocycles. The molecule has 24 heavy (non-hydrogen) atoms. The van der Waals surface area contributed by atoms with Gasteiger partial charge in [-0.15, -0.1) is 0 Å². The van der Waals surface area contributed by atoms with Crippen molar-refractivity contribution >= 4 is 5.91 Å². The third-order valence-electron chi connectivity index (χ3n) is 3.81. The third-order valence-corrected chi connectivity index (χ3v) is 3.81. The van der Waals surface area contributed by atoms with E-state index in [1.807, 2.05) is 12.2 Å². The molecule has 0 saturated carbocycles. The standard InChI is InChI=1S/C22H39NO/c1-4-5-6-7-8-9-10-11-12-13-14-15-16-17-18-19-22(24)23-20-21(2)3/h8-9,16-19,21H,4-7,10-15,20H2,1-3H3,(H,23,24). The van der Waals surface area contributed by atoms with Crippen molar-refractivity contribution in [1.82, 2.24) is 5.32 Å². The first-order valence-electron chi connectivity index (χ1n) is 9.92. The van der Waals surface area contributed by atoms with Crippen molar-refractivity contribution in [3.63, 3.8) is 0 Å². The van der Waals surface area contributed by atoms with Gasteiger partial charge in [-0.3, -0.25) is 4.79 Å². The summed E-state index contributed by atoms with van der Waals surface area (Å²) >= 11 is 0. The van der Waals surface area contributed by atoms with Crippen LogP contribution in [-0.2, 0) is 4.79 Å². The van der Waals surface area contributed by atoms with Gasteiger partial charge in [0.1, 0.15) is 0 Å². The smallest absolute Gasteiger partial charge is 0.243 e. The Morgan fingerprint density at radius 3 is 2.00 bits per heavy atom. The molecule has 0 unspecified atom stereocenters. The fourth-order valence-corrected chi connectivity index (χ4v) is 2.31. The topological polar surface area (TPSA) is 29.1 Å². The molecule has 0 rings (SSSR count). The molecule has 0 heterocycles. The zero-order valence-electron chi connectivity index (χ0n) is 16.2. The van der Waals surface area contributed by atoms with Crippen LogP contribution in [0.25, 0.3) is 0 Å². The highest BCUT2D eigenvalue weighted by molar-refractivity contribution is 5.87. The molecule has 2 nitrogen and oxygen atoms in total. The molecule has 138 valence electrons. The van der Waals surface area contributed by atoms with Crippen LogP contribution in [0.1, 0.15) is 85.0 Å². The van der Waals surface area contributed by atoms with Gasteiger partial charge >= 0.3 is 0 Å². The molecule has 0 aromatic carbocycles. The Kier molecular flexibility index (Phi) is 17.1. The quantitative estimate of drug-likeness (QED) is 0.161. The normalized spacial score (nSPS) is 12.2. The summed E-state index contributed by atoms with van der Waals surface area (Å²) in [5, 5.41) is 2.87. The van der Waals surface area contributed by atoms with Crippen LogP contribution in [0.15, 0.2) is 36.5 Å². The Labute approximate surface area is 150 Å². The second kappa shape index (κ2) is 18.0. The Morgan fingerprint density at radius 2 is 1.42 bits per heavy atom. The van der Waals surface area contributed by atoms with Crippen molar-refractivity contribution in [3.05, 3.63) is 36.5 Å². The van der Waals surface area contributed by atoms with Gasteiger partial charge < -0.3 is 5.32 Å². The summed E-state index contributed by atoms with van der Waals surface area (Å²) in [6, 6.07) is 0. The predicted octanol–water partition coefficient (Wildman–Crippen LogP) is 6.35. The first-order valence-corrected chi connectivity index (χ1v) is 9.92. The Balaban J connectivity index is 3.39. The number of carbonyl (C=O) groups excluding carboxylic acids is 1. The number of unbranched alkanes of at least 4 members (excludes halogenated alkanes) is 8. The molecule has 0 aromatic rings. The van der Waals surface area contributed by atoms with Gasteiger partial charge in [0.2, 0.25) is 5.91 Å². The molecular weight excluding hydrogens is 294 g/mol. The second-order valence-corrected chi connectivity index (χ2v) is 6.89. The zero-order valence-corrected chi connectivity index (χ0v) is 16.2. The average molecular weight is 334 g/mol. The van der Waals surface area contributed by atoms with E-state index in [0.29, 0.717) is 5.92 Å². The summed E-state index contributed by atoms with van der Waals surface area (Å²) in [5.41, 5.74) is 0. The van der Waals surface area contributed by atoms with Gasteiger partial charge in [0.15, 0.2) is 0 Å². The summed E-state index contributed by atoms with van der Waals surface area (Å²) in [4.78, 5) is 11.4. The van der Waals surface area contributed by atoms with E-state index in [1.165, 1.54) is 57.8 Å². The van der Waals surface area contributed by atoms with Gasteiger partial charge in [-0.2, -0.15) is 0 Å². The lowest BCUT2D eigenvalue weighted by molar-refractivity contribution is -0.116. The van der Waals surface area contributed by atoms with Crippen LogP contribution in [0.2, 0.25) is 0 Å². The van der Waals surface area contributed by atoms with Crippen LogP contribution >= 0.6 is 0 Å². The number of carbonyl (C=O) groups is 1. The van der Waals surface area contributed by atoms with E-state index in [0.717, 1.165) is 13.0 Å². The fourth-order valence-electron chi connectivity index (χ4n) is 2.31. The van der Waals surface area contributed by atoms with Gasteiger partial charge in [-0.1, -0.05) is 76.8 Å². The molecule has 0 fully saturated rings. The highest BCUT2D eigenvalue weighted by Gasteiger charge is 1.95. The molecule has 1 N–H and O–H groups in total. The van der Waals surface area contributed by atoms with Gasteiger partial charge in [0.25, 0.3) is 0 Å². The van der Waals surface area contributed by atoms with Crippen LogP contribution in [-0.4, -0.2) is 12.5 Å². The molecule has 0 bridgehead atoms. The van der Waals surface area contributed by atoms with Crippen LogP contribution in [0.5, 0.6) is 0 Å². The fraction of sp³-hybridized carbons (Fsp3) is 0.682. The van der Waals surface area contributed by atoms with Crippen LogP contribution in [0.4, 0.5) is 0 Å². The molecule has 0 aliphatic carbocycles. The summed E-state index contributed by atoms with van der Waals surface area (Å²) in [5.74, 6) is 0.491. The molecule has 0 atom stereocenters. The highest BCUT2D eigenvalue weighted by atomic mass is 16.1. The van der Waals surface area contributed by atoms with Gasteiger partial charge in [-0.05, 0) is 44.4 Å². The van der Waals surface area contributed by atoms with E-state index in [4.69, 9.17) is 0 Å². The Bertz CT molecular complexity index is 366. The van der Waals surface area contributed by atoms with E-state index in [1.54, 1.807) is 6.08 Å². The van der Waals surface area contributed by atoms with Crippen molar-refractivity contribution in [2.24, 2.45) is 5.92 Å². The molecular formula is C22H39NO. The second-order valence-electron chi connectivity index (χ2n) is 6.89. The molecule has 0 aliphatic heterocycles. The van der Waals surface area contributed by atoms with Crippen molar-refractivity contribution in [2.75, 3.05) is 6.54 Å². The van der Waals surface area contributed by atoms with Crippen LogP contribution < -0.4 is 5.32 Å². The largest absolute Gasteiger partial charge is 0.352 e. The summed E-state index contributed by atoms with van der Waals surface area (Å²) < 4.78 is 0. The number of nitrogens with one attached hydrogen (secondary N) is 1. The lowest BCUT2D eigenvalue weighted by atomic mass is 10.1. The van der Waals surface area contributed by atoms with E-state index in [2.05, 4.69) is 44.3 Å². The number of amides is 1. The first kappa shape index (κ1) is 22.7. The van der Waals surface area contributed by atoms with Gasteiger partial charge in [0, 0.05) is 12.6 Å². The summed E-state index contributed by atoms with van der Waals surface area (Å²) in [6.07, 6.45) is 25.0. The molecule has 0 saturated heterocycles. The maximum atomic E-state index is 11.4. The first-order chi connectivity index (χ1) is 11.7. The molecule has 0 spiro atoms. The Hall–Kier alpha value is -1.31. The predicted molar refractivity (Wildman–Crippen MR) is 107 cm³/mol. The number of rotatable bonds is 15. The van der Waals surface area contributed by atoms with Crippen molar-refractivity contribution < 1.29 is 4.79 Å². The minimum absolute atomic E-state index is 0.00361. The SMILES string of the molecule is CCCCCC=CCCCCCCC=CC=CC(=O)NCC(C)C. The molecule has 0 radical (unpaired) electrons. The van der Waals surface area contributed by atoms with Crippen molar-refractivity contribution in [3.8, 4) is 0 Å². The summed E-state index contributed by atoms with van der Waals surface area (Å²) in [6.45, 7) is 7.17. The highest BCUT2D eigenvalue weighted by Crippen LogP contribution is 2.07. The minimum atomic E-state index is -0.00361. The number of allylic oxidation sites excluding steroid dienone is 5. The lowest BCUT2D eigenvalue weighted by Gasteiger charge is -2.03. The maximum Gasteiger partial charge on any atom is 0.243 e. The monoisotopic (exact) mass is 333 g/mol. The van der Waals surface area contributed by atoms with Gasteiger partial charge in [-0.25, -0.2) is 0 Å². The minimum Gasteiger partial charge on any atom is -0.352 e. The van der Waals surface area contributed by atoms with E-state index < -0.39 is 0 Å². The average Bonchev–Trinajstić information content (AvgIpc) is 2.56. The Morgan fingerprint density at radius 1 is 0.833 bits per heavy atom. The third kappa shape index (κ3) is 18.7. The van der Waals surface area contributed by atoms with E-state index in [9.17, 15) is 4.79 Å². The van der Waals surface area contributed by atoms with Crippen LogP contribution in [0.3, 0.4) is 0 Å². The van der Waals surface area contributed by atoms with Crippen LogP contribution in [0, 0.1) is 5.92 Å². The molecule has 1 amide bonds. The molecule has 2 heteroatoms. The van der Waals surface area contributed by atoms with Gasteiger partial charge in [0.05, 0.1) is 0 Å². The summed E-state index contributed by atoms with van der Waals surface area (Å²) in [7, 11) is 0. The number of hydrogen-bond acceptors (Lipinski definition) is 1. The molecule has 0 aliphatic rings. The maximum absolute atomic E-state index is 11.4. The number of hydrogen-bond donors (Lipinski definition) is 1. The van der Waals surface area contributed by atoms with Crippen molar-refractivity contribution in [2.45, 2.75) is 85.0 Å². The van der Waals surface area contributed by atoms with Crippen molar-refractivity contribution in [1.29, 1.82) is 0 Å². The van der Waals surface area contributed by atoms with E-state index in [-0.39, 0.29) is 5.91 Å². The van der Waals surface area contributed by atoms with E-state index >= 15 is 0 Å². The zero-order chi connectivity index (χ0) is 17.9. The lowest BCUT2D eigenvalue weighted by Crippen LogP contribution is -2.25.